The lowest BCUT2D eigenvalue weighted by atomic mass is 10.1. The molecule has 0 unspecified atom stereocenters. The molecule has 0 aliphatic heterocycles. The Kier molecular flexibility index (Phi) is 1.87. The Morgan fingerprint density at radius 2 is 1.92 bits per heavy atom. The number of aromatic nitrogens is 1. The normalized spacial score (nSPS) is 11.0. The second-order valence-corrected chi connectivity index (χ2v) is 3.69. The SMILES string of the molecule is CCc1cc2cc(C)cc(C)c2[nH]1. The Labute approximate surface area is 78.8 Å². The molecule has 13 heavy (non-hydrogen) atoms. The third-order valence-corrected chi connectivity index (χ3v) is 2.51. The predicted molar refractivity (Wildman–Crippen MR) is 57.2 cm³/mol. The Hall–Kier alpha value is -1.24. The van der Waals surface area contributed by atoms with Crippen molar-refractivity contribution in [1.82, 2.24) is 4.98 Å². The summed E-state index contributed by atoms with van der Waals surface area (Å²) in [5.41, 5.74) is 5.30. The highest BCUT2D eigenvalue weighted by Crippen LogP contribution is 2.21. The number of nitrogens with one attached hydrogen (secondary N) is 1. The van der Waals surface area contributed by atoms with E-state index in [-0.39, 0.29) is 0 Å². The number of hydrogen-bond donors (Lipinski definition) is 1. The van der Waals surface area contributed by atoms with E-state index in [1.54, 1.807) is 0 Å². The fourth-order valence-electron chi connectivity index (χ4n) is 1.86. The molecular formula is C12H15N. The molecule has 0 bridgehead atoms. The number of aromatic amines is 1. The van der Waals surface area contributed by atoms with Crippen LogP contribution in [0.15, 0.2) is 18.2 Å². The van der Waals surface area contributed by atoms with E-state index in [1.165, 1.54) is 27.7 Å². The van der Waals surface area contributed by atoms with Crippen LogP contribution in [0, 0.1) is 13.8 Å². The van der Waals surface area contributed by atoms with Crippen molar-refractivity contribution in [3.8, 4) is 0 Å². The summed E-state index contributed by atoms with van der Waals surface area (Å²) in [7, 11) is 0. The van der Waals surface area contributed by atoms with Crippen LogP contribution in [0.3, 0.4) is 0 Å². The van der Waals surface area contributed by atoms with Crippen LogP contribution >= 0.6 is 0 Å². The summed E-state index contributed by atoms with van der Waals surface area (Å²) >= 11 is 0. The van der Waals surface area contributed by atoms with Gasteiger partial charge in [0, 0.05) is 16.6 Å². The van der Waals surface area contributed by atoms with Gasteiger partial charge in [0.25, 0.3) is 0 Å². The number of aryl methyl sites for hydroxylation is 3. The van der Waals surface area contributed by atoms with E-state index in [0.29, 0.717) is 0 Å². The van der Waals surface area contributed by atoms with Crippen LogP contribution in [-0.4, -0.2) is 4.98 Å². The molecule has 68 valence electrons. The van der Waals surface area contributed by atoms with Crippen LogP contribution in [0.25, 0.3) is 10.9 Å². The highest BCUT2D eigenvalue weighted by Gasteiger charge is 2.02. The van der Waals surface area contributed by atoms with E-state index in [1.807, 2.05) is 0 Å². The van der Waals surface area contributed by atoms with Crippen LogP contribution < -0.4 is 0 Å². The summed E-state index contributed by atoms with van der Waals surface area (Å²) in [6.45, 7) is 6.48. The third kappa shape index (κ3) is 1.35. The van der Waals surface area contributed by atoms with Crippen molar-refractivity contribution in [3.63, 3.8) is 0 Å². The zero-order valence-electron chi connectivity index (χ0n) is 8.44. The van der Waals surface area contributed by atoms with Gasteiger partial charge in [-0.2, -0.15) is 0 Å². The van der Waals surface area contributed by atoms with Crippen molar-refractivity contribution < 1.29 is 0 Å². The van der Waals surface area contributed by atoms with Gasteiger partial charge in [0.15, 0.2) is 0 Å². The van der Waals surface area contributed by atoms with E-state index in [0.717, 1.165) is 6.42 Å². The Morgan fingerprint density at radius 1 is 1.15 bits per heavy atom. The smallest absolute Gasteiger partial charge is 0.0485 e. The van der Waals surface area contributed by atoms with Crippen molar-refractivity contribution in [3.05, 3.63) is 35.0 Å². The number of benzene rings is 1. The quantitative estimate of drug-likeness (QED) is 0.680. The highest BCUT2D eigenvalue weighted by molar-refractivity contribution is 5.84. The molecule has 1 aromatic heterocycles. The van der Waals surface area contributed by atoms with Gasteiger partial charge in [-0.3, -0.25) is 0 Å². The molecule has 1 heterocycles. The average Bonchev–Trinajstić information content (AvgIpc) is 2.47. The fourth-order valence-corrected chi connectivity index (χ4v) is 1.86. The highest BCUT2D eigenvalue weighted by atomic mass is 14.7. The summed E-state index contributed by atoms with van der Waals surface area (Å²) in [6.07, 6.45) is 1.08. The Bertz CT molecular complexity index is 438. The summed E-state index contributed by atoms with van der Waals surface area (Å²) < 4.78 is 0. The minimum absolute atomic E-state index is 1.08. The van der Waals surface area contributed by atoms with Crippen molar-refractivity contribution >= 4 is 10.9 Å². The van der Waals surface area contributed by atoms with Crippen LogP contribution in [0.5, 0.6) is 0 Å². The average molecular weight is 173 g/mol. The second-order valence-electron chi connectivity index (χ2n) is 3.69. The zero-order chi connectivity index (χ0) is 9.42. The molecule has 1 nitrogen and oxygen atoms in total. The van der Waals surface area contributed by atoms with Gasteiger partial charge in [-0.25, -0.2) is 0 Å². The molecule has 0 aliphatic rings. The van der Waals surface area contributed by atoms with Crippen LogP contribution in [0.1, 0.15) is 23.7 Å². The Morgan fingerprint density at radius 3 is 2.62 bits per heavy atom. The molecule has 1 aromatic carbocycles. The first-order valence-electron chi connectivity index (χ1n) is 4.79. The van der Waals surface area contributed by atoms with Crippen LogP contribution in [0.2, 0.25) is 0 Å². The van der Waals surface area contributed by atoms with Crippen LogP contribution in [0.4, 0.5) is 0 Å². The van der Waals surface area contributed by atoms with Crippen LogP contribution in [-0.2, 0) is 6.42 Å². The lowest BCUT2D eigenvalue weighted by Gasteiger charge is -1.97. The summed E-state index contributed by atoms with van der Waals surface area (Å²) in [5, 5.41) is 1.34. The topological polar surface area (TPSA) is 15.8 Å². The minimum Gasteiger partial charge on any atom is -0.358 e. The van der Waals surface area contributed by atoms with E-state index >= 15 is 0 Å². The molecule has 0 radical (unpaired) electrons. The molecule has 0 atom stereocenters. The van der Waals surface area contributed by atoms with Gasteiger partial charge < -0.3 is 4.98 Å². The van der Waals surface area contributed by atoms with Gasteiger partial charge in [-0.15, -0.1) is 0 Å². The van der Waals surface area contributed by atoms with Gasteiger partial charge in [0.2, 0.25) is 0 Å². The third-order valence-electron chi connectivity index (χ3n) is 2.51. The maximum Gasteiger partial charge on any atom is 0.0485 e. The maximum atomic E-state index is 3.44. The Balaban J connectivity index is 2.75. The van der Waals surface area contributed by atoms with Crippen molar-refractivity contribution in [2.24, 2.45) is 0 Å². The first-order chi connectivity index (χ1) is 6.20. The first-order valence-corrected chi connectivity index (χ1v) is 4.79. The van der Waals surface area contributed by atoms with E-state index in [2.05, 4.69) is 44.0 Å². The largest absolute Gasteiger partial charge is 0.358 e. The number of rotatable bonds is 1. The molecule has 0 amide bonds. The molecule has 0 fully saturated rings. The summed E-state index contributed by atoms with van der Waals surface area (Å²) in [5.74, 6) is 0. The monoisotopic (exact) mass is 173 g/mol. The zero-order valence-corrected chi connectivity index (χ0v) is 8.44. The van der Waals surface area contributed by atoms with Crippen molar-refractivity contribution in [2.45, 2.75) is 27.2 Å². The number of hydrogen-bond acceptors (Lipinski definition) is 0. The molecule has 1 N–H and O–H groups in total. The maximum absolute atomic E-state index is 3.44. The molecular weight excluding hydrogens is 158 g/mol. The lowest BCUT2D eigenvalue weighted by Crippen LogP contribution is -1.80. The van der Waals surface area contributed by atoms with E-state index in [9.17, 15) is 0 Å². The first kappa shape index (κ1) is 8.36. The second kappa shape index (κ2) is 2.91. The molecule has 2 rings (SSSR count). The molecule has 0 saturated heterocycles. The molecule has 0 aliphatic carbocycles. The van der Waals surface area contributed by atoms with Crippen molar-refractivity contribution in [1.29, 1.82) is 0 Å². The summed E-state index contributed by atoms with van der Waals surface area (Å²) in [6, 6.07) is 6.70. The van der Waals surface area contributed by atoms with Gasteiger partial charge >= 0.3 is 0 Å². The molecule has 0 spiro atoms. The lowest BCUT2D eigenvalue weighted by molar-refractivity contribution is 1.07. The van der Waals surface area contributed by atoms with Gasteiger partial charge in [-0.05, 0) is 38.0 Å². The predicted octanol–water partition coefficient (Wildman–Crippen LogP) is 3.35. The molecule has 1 heteroatoms. The fraction of sp³-hybridized carbons (Fsp3) is 0.333. The molecule has 0 saturated carbocycles. The van der Waals surface area contributed by atoms with Gasteiger partial charge in [-0.1, -0.05) is 18.6 Å². The minimum atomic E-state index is 1.08. The summed E-state index contributed by atoms with van der Waals surface area (Å²) in [4.78, 5) is 3.44. The number of fused-ring (bicyclic) bond motifs is 1. The van der Waals surface area contributed by atoms with E-state index < -0.39 is 0 Å². The molecule has 2 aromatic rings. The van der Waals surface area contributed by atoms with E-state index in [4.69, 9.17) is 0 Å². The van der Waals surface area contributed by atoms with Gasteiger partial charge in [0.05, 0.1) is 0 Å². The number of H-pyrrole nitrogens is 1. The van der Waals surface area contributed by atoms with Crippen molar-refractivity contribution in [2.75, 3.05) is 0 Å². The van der Waals surface area contributed by atoms with Gasteiger partial charge in [0.1, 0.15) is 0 Å². The standard InChI is InChI=1S/C12H15N/c1-4-11-7-10-6-8(2)5-9(3)12(10)13-11/h5-7,13H,4H2,1-3H3.